The van der Waals surface area contributed by atoms with Gasteiger partial charge < -0.3 is 5.32 Å². The average molecular weight is 396 g/mol. The van der Waals surface area contributed by atoms with E-state index in [9.17, 15) is 14.4 Å². The SMILES string of the molecule is Cc1cccc(NC(=O)NC(=O)Cn2cnc3sc4c(c3c2=O)CCC4)c1C. The maximum Gasteiger partial charge on any atom is 0.325 e. The number of aromatic nitrogens is 2. The minimum absolute atomic E-state index is 0.227. The molecule has 3 amide bonds. The summed E-state index contributed by atoms with van der Waals surface area (Å²) >= 11 is 1.55. The Morgan fingerprint density at radius 2 is 2.07 bits per heavy atom. The normalized spacial score (nSPS) is 12.8. The van der Waals surface area contributed by atoms with Gasteiger partial charge in [0.15, 0.2) is 0 Å². The van der Waals surface area contributed by atoms with Gasteiger partial charge in [-0.1, -0.05) is 12.1 Å². The number of urea groups is 1. The zero-order valence-electron chi connectivity index (χ0n) is 15.7. The van der Waals surface area contributed by atoms with Gasteiger partial charge in [0.2, 0.25) is 5.91 Å². The summed E-state index contributed by atoms with van der Waals surface area (Å²) < 4.78 is 1.26. The molecular formula is C20H20N4O3S. The molecule has 2 aromatic heterocycles. The molecule has 3 aromatic rings. The van der Waals surface area contributed by atoms with Crippen LogP contribution in [0.4, 0.5) is 10.5 Å². The molecule has 0 atom stereocenters. The van der Waals surface area contributed by atoms with Crippen LogP contribution in [0.25, 0.3) is 10.2 Å². The lowest BCUT2D eigenvalue weighted by molar-refractivity contribution is -0.120. The standard InChI is InChI=1S/C20H20N4O3S/c1-11-5-3-7-14(12(11)2)22-20(27)23-16(25)9-24-10-21-18-17(19(24)26)13-6-4-8-15(13)28-18/h3,5,7,10H,4,6,8-9H2,1-2H3,(H2,22,23,25,27). The quantitative estimate of drug-likeness (QED) is 0.712. The summed E-state index contributed by atoms with van der Waals surface area (Å²) in [5, 5.41) is 5.56. The number of aryl methyl sites for hydroxylation is 3. The topological polar surface area (TPSA) is 93.1 Å². The number of carbonyl (C=O) groups excluding carboxylic acids is 2. The highest BCUT2D eigenvalue weighted by Gasteiger charge is 2.22. The molecule has 8 heteroatoms. The first-order valence-corrected chi connectivity index (χ1v) is 9.92. The van der Waals surface area contributed by atoms with Gasteiger partial charge in [0.1, 0.15) is 11.4 Å². The van der Waals surface area contributed by atoms with Crippen molar-refractivity contribution in [2.75, 3.05) is 5.32 Å². The summed E-state index contributed by atoms with van der Waals surface area (Å²) in [7, 11) is 0. The smallest absolute Gasteiger partial charge is 0.307 e. The molecular weight excluding hydrogens is 376 g/mol. The molecule has 2 heterocycles. The van der Waals surface area contributed by atoms with Crippen molar-refractivity contribution in [3.05, 3.63) is 56.4 Å². The van der Waals surface area contributed by atoms with Gasteiger partial charge in [0.25, 0.3) is 5.56 Å². The first kappa shape index (κ1) is 18.4. The molecule has 0 aliphatic heterocycles. The summed E-state index contributed by atoms with van der Waals surface area (Å²) in [5.41, 5.74) is 3.45. The Morgan fingerprint density at radius 3 is 2.89 bits per heavy atom. The van der Waals surface area contributed by atoms with Crippen LogP contribution in [0.15, 0.2) is 29.3 Å². The highest BCUT2D eigenvalue weighted by atomic mass is 32.1. The van der Waals surface area contributed by atoms with E-state index in [-0.39, 0.29) is 12.1 Å². The molecule has 0 saturated heterocycles. The molecule has 0 saturated carbocycles. The van der Waals surface area contributed by atoms with Crippen LogP contribution in [0.1, 0.15) is 28.0 Å². The molecule has 0 radical (unpaired) electrons. The molecule has 0 bridgehead atoms. The molecule has 144 valence electrons. The summed E-state index contributed by atoms with van der Waals surface area (Å²) in [6.45, 7) is 3.58. The Bertz CT molecular complexity index is 1160. The van der Waals surface area contributed by atoms with E-state index in [1.54, 1.807) is 17.4 Å². The molecule has 28 heavy (non-hydrogen) atoms. The Balaban J connectivity index is 1.48. The number of hydrogen-bond donors (Lipinski definition) is 2. The predicted octanol–water partition coefficient (Wildman–Crippen LogP) is 2.91. The molecule has 0 spiro atoms. The lowest BCUT2D eigenvalue weighted by Crippen LogP contribution is -2.38. The average Bonchev–Trinajstić information content (AvgIpc) is 3.22. The second kappa shape index (κ2) is 7.20. The Labute approximate surface area is 165 Å². The van der Waals surface area contributed by atoms with Crippen molar-refractivity contribution in [1.82, 2.24) is 14.9 Å². The number of carbonyl (C=O) groups is 2. The van der Waals surface area contributed by atoms with Crippen LogP contribution in [0.2, 0.25) is 0 Å². The number of nitrogens with zero attached hydrogens (tertiary/aromatic N) is 2. The van der Waals surface area contributed by atoms with Gasteiger partial charge in [0.05, 0.1) is 11.7 Å². The molecule has 4 rings (SSSR count). The van der Waals surface area contributed by atoms with Crippen LogP contribution < -0.4 is 16.2 Å². The number of fused-ring (bicyclic) bond motifs is 3. The molecule has 7 nitrogen and oxygen atoms in total. The number of hydrogen-bond acceptors (Lipinski definition) is 5. The Morgan fingerprint density at radius 1 is 1.25 bits per heavy atom. The summed E-state index contributed by atoms with van der Waals surface area (Å²) in [6, 6.07) is 4.92. The second-order valence-corrected chi connectivity index (χ2v) is 8.05. The van der Waals surface area contributed by atoms with E-state index >= 15 is 0 Å². The zero-order valence-corrected chi connectivity index (χ0v) is 16.5. The molecule has 0 fully saturated rings. The van der Waals surface area contributed by atoms with Crippen molar-refractivity contribution < 1.29 is 9.59 Å². The fraction of sp³-hybridized carbons (Fsp3) is 0.300. The fourth-order valence-electron chi connectivity index (χ4n) is 3.49. The first-order valence-electron chi connectivity index (χ1n) is 9.11. The van der Waals surface area contributed by atoms with Crippen LogP contribution in [-0.2, 0) is 24.2 Å². The first-order chi connectivity index (χ1) is 13.4. The molecule has 2 N–H and O–H groups in total. The number of amides is 3. The predicted molar refractivity (Wildman–Crippen MR) is 109 cm³/mol. The lowest BCUT2D eigenvalue weighted by atomic mass is 10.1. The van der Waals surface area contributed by atoms with Gasteiger partial charge >= 0.3 is 6.03 Å². The van der Waals surface area contributed by atoms with E-state index in [4.69, 9.17) is 0 Å². The highest BCUT2D eigenvalue weighted by molar-refractivity contribution is 7.18. The highest BCUT2D eigenvalue weighted by Crippen LogP contribution is 2.34. The van der Waals surface area contributed by atoms with E-state index in [2.05, 4.69) is 15.6 Å². The van der Waals surface area contributed by atoms with Crippen molar-refractivity contribution in [3.63, 3.8) is 0 Å². The van der Waals surface area contributed by atoms with Crippen molar-refractivity contribution >= 4 is 39.2 Å². The van der Waals surface area contributed by atoms with Gasteiger partial charge in [-0.15, -0.1) is 11.3 Å². The number of nitrogens with one attached hydrogen (secondary N) is 2. The van der Waals surface area contributed by atoms with Crippen molar-refractivity contribution in [2.24, 2.45) is 0 Å². The fourth-order valence-corrected chi connectivity index (χ4v) is 4.71. The Hall–Kier alpha value is -3.00. The molecule has 1 aliphatic carbocycles. The van der Waals surface area contributed by atoms with Crippen LogP contribution in [0, 0.1) is 13.8 Å². The largest absolute Gasteiger partial charge is 0.325 e. The summed E-state index contributed by atoms with van der Waals surface area (Å²) in [6.07, 6.45) is 4.28. The van der Waals surface area contributed by atoms with E-state index in [1.165, 1.54) is 15.8 Å². The van der Waals surface area contributed by atoms with Crippen LogP contribution >= 0.6 is 11.3 Å². The summed E-state index contributed by atoms with van der Waals surface area (Å²) in [5.74, 6) is -0.571. The van der Waals surface area contributed by atoms with Crippen LogP contribution in [0.5, 0.6) is 0 Å². The third-order valence-corrected chi connectivity index (χ3v) is 6.31. The number of rotatable bonds is 3. The molecule has 1 aromatic carbocycles. The summed E-state index contributed by atoms with van der Waals surface area (Å²) in [4.78, 5) is 43.5. The third kappa shape index (κ3) is 3.31. The van der Waals surface area contributed by atoms with Gasteiger partial charge in [-0.3, -0.25) is 19.5 Å². The number of thiophene rings is 1. The van der Waals surface area contributed by atoms with Crippen molar-refractivity contribution in [2.45, 2.75) is 39.7 Å². The van der Waals surface area contributed by atoms with E-state index in [0.717, 1.165) is 40.8 Å². The van der Waals surface area contributed by atoms with Crippen molar-refractivity contribution in [1.29, 1.82) is 0 Å². The minimum atomic E-state index is -0.628. The second-order valence-electron chi connectivity index (χ2n) is 6.96. The lowest BCUT2D eigenvalue weighted by Gasteiger charge is -2.11. The van der Waals surface area contributed by atoms with E-state index in [0.29, 0.717) is 11.1 Å². The van der Waals surface area contributed by atoms with Crippen LogP contribution in [0.3, 0.4) is 0 Å². The maximum absolute atomic E-state index is 12.8. The number of imide groups is 1. The Kier molecular flexibility index (Phi) is 4.72. The minimum Gasteiger partial charge on any atom is -0.307 e. The van der Waals surface area contributed by atoms with Crippen LogP contribution in [-0.4, -0.2) is 21.5 Å². The van der Waals surface area contributed by atoms with E-state index < -0.39 is 11.9 Å². The van der Waals surface area contributed by atoms with Crippen molar-refractivity contribution in [3.8, 4) is 0 Å². The molecule has 1 aliphatic rings. The molecule has 0 unspecified atom stereocenters. The van der Waals surface area contributed by atoms with Gasteiger partial charge in [-0.25, -0.2) is 9.78 Å². The zero-order chi connectivity index (χ0) is 19.8. The monoisotopic (exact) mass is 396 g/mol. The van der Waals surface area contributed by atoms with E-state index in [1.807, 2.05) is 26.0 Å². The van der Waals surface area contributed by atoms with Gasteiger partial charge in [0, 0.05) is 10.6 Å². The number of benzene rings is 1. The number of anilines is 1. The third-order valence-electron chi connectivity index (χ3n) is 5.11. The van der Waals surface area contributed by atoms with Gasteiger partial charge in [-0.05, 0) is 55.9 Å². The maximum atomic E-state index is 12.8. The van der Waals surface area contributed by atoms with Gasteiger partial charge in [-0.2, -0.15) is 0 Å².